The summed E-state index contributed by atoms with van der Waals surface area (Å²) in [5.41, 5.74) is 0. The molecule has 1 N–H and O–H groups in total. The van der Waals surface area contributed by atoms with Gasteiger partial charge in [0.15, 0.2) is 6.10 Å². The Balaban J connectivity index is 3.86. The zero-order valence-corrected chi connectivity index (χ0v) is 10.9. The van der Waals surface area contributed by atoms with E-state index in [4.69, 9.17) is 9.47 Å². The third kappa shape index (κ3) is 8.68. The minimum atomic E-state index is -1.44. The van der Waals surface area contributed by atoms with E-state index in [9.17, 15) is 14.7 Å². The number of ether oxygens (including phenoxy) is 2. The van der Waals surface area contributed by atoms with Crippen LogP contribution < -0.4 is 0 Å². The lowest BCUT2D eigenvalue weighted by atomic mass is 10.2. The van der Waals surface area contributed by atoms with E-state index in [1.807, 2.05) is 27.7 Å². The molecule has 0 aliphatic rings. The topological polar surface area (TPSA) is 72.8 Å². The third-order valence-corrected chi connectivity index (χ3v) is 1.77. The second kappa shape index (κ2) is 8.06. The van der Waals surface area contributed by atoms with Crippen LogP contribution in [0.4, 0.5) is 0 Å². The number of hydrogen-bond donors (Lipinski definition) is 1. The molecule has 0 radical (unpaired) electrons. The highest BCUT2D eigenvalue weighted by molar-refractivity contribution is 5.81. The molecule has 0 unspecified atom stereocenters. The highest BCUT2D eigenvalue weighted by Gasteiger charge is 2.21. The largest absolute Gasteiger partial charge is 0.465 e. The van der Waals surface area contributed by atoms with Gasteiger partial charge in [-0.3, -0.25) is 4.79 Å². The molecule has 0 aliphatic carbocycles. The molecule has 0 aromatic carbocycles. The van der Waals surface area contributed by atoms with Crippen molar-refractivity contribution in [1.29, 1.82) is 0 Å². The van der Waals surface area contributed by atoms with Crippen molar-refractivity contribution in [3.05, 3.63) is 0 Å². The Bertz CT molecular complexity index is 247. The van der Waals surface area contributed by atoms with Crippen molar-refractivity contribution >= 4 is 11.9 Å². The SMILES string of the molecule is CC(C)COC(=O)C[C@@H](O)C(=O)OCC(C)C. The Morgan fingerprint density at radius 2 is 1.47 bits per heavy atom. The van der Waals surface area contributed by atoms with E-state index in [1.54, 1.807) is 0 Å². The van der Waals surface area contributed by atoms with Gasteiger partial charge in [-0.2, -0.15) is 0 Å². The van der Waals surface area contributed by atoms with Crippen LogP contribution in [0.5, 0.6) is 0 Å². The number of aliphatic hydroxyl groups excluding tert-OH is 1. The highest BCUT2D eigenvalue weighted by Crippen LogP contribution is 2.02. The third-order valence-electron chi connectivity index (χ3n) is 1.77. The van der Waals surface area contributed by atoms with Gasteiger partial charge in [-0.15, -0.1) is 0 Å². The second-order valence-corrected chi connectivity index (χ2v) is 4.82. The standard InChI is InChI=1S/C12H22O5/c1-8(2)6-16-11(14)5-10(13)12(15)17-7-9(3)4/h8-10,13H,5-7H2,1-4H3/t10-/m1/s1. The van der Waals surface area contributed by atoms with Gasteiger partial charge < -0.3 is 14.6 Å². The molecule has 0 spiro atoms. The smallest absolute Gasteiger partial charge is 0.335 e. The minimum absolute atomic E-state index is 0.194. The summed E-state index contributed by atoms with van der Waals surface area (Å²) >= 11 is 0. The average Bonchev–Trinajstić information content (AvgIpc) is 2.22. The first-order valence-electron chi connectivity index (χ1n) is 5.83. The lowest BCUT2D eigenvalue weighted by Gasteiger charge is -2.12. The molecule has 5 heteroatoms. The van der Waals surface area contributed by atoms with Gasteiger partial charge in [-0.1, -0.05) is 27.7 Å². The predicted octanol–water partition coefficient (Wildman–Crippen LogP) is 1.14. The molecule has 0 aromatic heterocycles. The van der Waals surface area contributed by atoms with Crippen molar-refractivity contribution in [2.45, 2.75) is 40.2 Å². The van der Waals surface area contributed by atoms with Gasteiger partial charge in [0.1, 0.15) is 0 Å². The Kier molecular flexibility index (Phi) is 7.54. The summed E-state index contributed by atoms with van der Waals surface area (Å²) in [5.74, 6) is -0.948. The van der Waals surface area contributed by atoms with Gasteiger partial charge in [0.25, 0.3) is 0 Å². The van der Waals surface area contributed by atoms with Crippen molar-refractivity contribution in [2.75, 3.05) is 13.2 Å². The van der Waals surface area contributed by atoms with Gasteiger partial charge in [-0.25, -0.2) is 4.79 Å². The first kappa shape index (κ1) is 15.9. The summed E-state index contributed by atoms with van der Waals surface area (Å²) in [7, 11) is 0. The molecule has 1 atom stereocenters. The summed E-state index contributed by atoms with van der Waals surface area (Å²) in [6.45, 7) is 8.10. The number of esters is 2. The van der Waals surface area contributed by atoms with Gasteiger partial charge in [-0.05, 0) is 11.8 Å². The fraction of sp³-hybridized carbons (Fsp3) is 0.833. The zero-order chi connectivity index (χ0) is 13.4. The van der Waals surface area contributed by atoms with E-state index in [2.05, 4.69) is 0 Å². The summed E-state index contributed by atoms with van der Waals surface area (Å²) in [6, 6.07) is 0. The molecule has 0 saturated carbocycles. The van der Waals surface area contributed by atoms with Crippen LogP contribution >= 0.6 is 0 Å². The molecular weight excluding hydrogens is 224 g/mol. The fourth-order valence-corrected chi connectivity index (χ4v) is 0.905. The Hall–Kier alpha value is -1.10. The molecular formula is C12H22O5. The number of hydrogen-bond acceptors (Lipinski definition) is 5. The normalized spacial score (nSPS) is 12.6. The monoisotopic (exact) mass is 246 g/mol. The van der Waals surface area contributed by atoms with Crippen LogP contribution in [-0.2, 0) is 19.1 Å². The maximum atomic E-state index is 11.2. The fourth-order valence-electron chi connectivity index (χ4n) is 0.905. The van der Waals surface area contributed by atoms with E-state index in [0.29, 0.717) is 0 Å². The molecule has 5 nitrogen and oxygen atoms in total. The van der Waals surface area contributed by atoms with Crippen molar-refractivity contribution in [2.24, 2.45) is 11.8 Å². The van der Waals surface area contributed by atoms with Crippen molar-refractivity contribution in [3.63, 3.8) is 0 Å². The summed E-state index contributed by atoms with van der Waals surface area (Å²) in [5, 5.41) is 9.39. The van der Waals surface area contributed by atoms with E-state index in [1.165, 1.54) is 0 Å². The van der Waals surface area contributed by atoms with Crippen LogP contribution in [0.2, 0.25) is 0 Å². The minimum Gasteiger partial charge on any atom is -0.465 e. The molecule has 0 rings (SSSR count). The molecule has 0 bridgehead atoms. The molecule has 0 aromatic rings. The highest BCUT2D eigenvalue weighted by atomic mass is 16.6. The van der Waals surface area contributed by atoms with Gasteiger partial charge >= 0.3 is 11.9 Å². The average molecular weight is 246 g/mol. The molecule has 0 aliphatic heterocycles. The van der Waals surface area contributed by atoms with Crippen LogP contribution in [0.1, 0.15) is 34.1 Å². The summed E-state index contributed by atoms with van der Waals surface area (Å²) in [4.78, 5) is 22.5. The van der Waals surface area contributed by atoms with E-state index in [0.717, 1.165) is 0 Å². The van der Waals surface area contributed by atoms with Crippen LogP contribution in [0.3, 0.4) is 0 Å². The van der Waals surface area contributed by atoms with Crippen LogP contribution in [0.25, 0.3) is 0 Å². The molecule has 100 valence electrons. The van der Waals surface area contributed by atoms with Gasteiger partial charge in [0.05, 0.1) is 19.6 Å². The summed E-state index contributed by atoms with van der Waals surface area (Å²) < 4.78 is 9.64. The van der Waals surface area contributed by atoms with Crippen LogP contribution in [-0.4, -0.2) is 36.4 Å². The maximum absolute atomic E-state index is 11.2. The number of carbonyl (C=O) groups is 2. The molecule has 17 heavy (non-hydrogen) atoms. The quantitative estimate of drug-likeness (QED) is 0.682. The molecule has 0 saturated heterocycles. The lowest BCUT2D eigenvalue weighted by molar-refractivity contribution is -0.161. The Morgan fingerprint density at radius 3 is 1.94 bits per heavy atom. The van der Waals surface area contributed by atoms with E-state index < -0.39 is 18.0 Å². The second-order valence-electron chi connectivity index (χ2n) is 4.82. The van der Waals surface area contributed by atoms with Crippen LogP contribution in [0, 0.1) is 11.8 Å². The van der Waals surface area contributed by atoms with E-state index in [-0.39, 0.29) is 31.5 Å². The van der Waals surface area contributed by atoms with E-state index >= 15 is 0 Å². The molecule has 0 fully saturated rings. The first-order valence-corrected chi connectivity index (χ1v) is 5.83. The van der Waals surface area contributed by atoms with Gasteiger partial charge in [0.2, 0.25) is 0 Å². The number of aliphatic hydroxyl groups is 1. The van der Waals surface area contributed by atoms with Crippen LogP contribution in [0.15, 0.2) is 0 Å². The van der Waals surface area contributed by atoms with Crippen molar-refractivity contribution in [1.82, 2.24) is 0 Å². The Labute approximate surface area is 102 Å². The van der Waals surface area contributed by atoms with Crippen molar-refractivity contribution < 1.29 is 24.2 Å². The first-order chi connectivity index (χ1) is 7.82. The maximum Gasteiger partial charge on any atom is 0.335 e. The zero-order valence-electron chi connectivity index (χ0n) is 10.9. The summed E-state index contributed by atoms with van der Waals surface area (Å²) in [6.07, 6.45) is -1.79. The molecule has 0 amide bonds. The van der Waals surface area contributed by atoms with Gasteiger partial charge in [0, 0.05) is 0 Å². The van der Waals surface area contributed by atoms with Crippen molar-refractivity contribution in [3.8, 4) is 0 Å². The number of rotatable bonds is 7. The lowest BCUT2D eigenvalue weighted by Crippen LogP contribution is -2.28. The Morgan fingerprint density at radius 1 is 1.00 bits per heavy atom. The molecule has 0 heterocycles. The number of carbonyl (C=O) groups excluding carboxylic acids is 2. The predicted molar refractivity (Wildman–Crippen MR) is 62.2 cm³/mol.